The maximum atomic E-state index is 10.8. The quantitative estimate of drug-likeness (QED) is 0.691. The molecule has 1 N–H and O–H groups in total. The van der Waals surface area contributed by atoms with Crippen molar-refractivity contribution in [2.45, 2.75) is 47.0 Å². The maximum absolute atomic E-state index is 10.8. The fourth-order valence-electron chi connectivity index (χ4n) is 1.45. The zero-order valence-corrected chi connectivity index (χ0v) is 9.21. The van der Waals surface area contributed by atoms with E-state index in [4.69, 9.17) is 5.11 Å². The molecule has 0 aliphatic rings. The number of hydrogen-bond acceptors (Lipinski definition) is 1. The Bertz CT molecular complexity index is 150. The van der Waals surface area contributed by atoms with Crippen LogP contribution < -0.4 is 0 Å². The number of aliphatic carboxylic acids is 1. The SMILES string of the molecule is CC(C)CCC(CC(C)C)C(=O)O. The Morgan fingerprint density at radius 1 is 1.08 bits per heavy atom. The molecule has 0 aromatic carbocycles. The molecule has 0 saturated heterocycles. The van der Waals surface area contributed by atoms with Gasteiger partial charge < -0.3 is 5.11 Å². The number of rotatable bonds is 6. The van der Waals surface area contributed by atoms with Crippen molar-refractivity contribution >= 4 is 5.97 Å². The van der Waals surface area contributed by atoms with E-state index in [0.717, 1.165) is 19.3 Å². The van der Waals surface area contributed by atoms with Gasteiger partial charge in [-0.3, -0.25) is 4.79 Å². The Hall–Kier alpha value is -0.530. The van der Waals surface area contributed by atoms with E-state index in [0.29, 0.717) is 11.8 Å². The molecule has 13 heavy (non-hydrogen) atoms. The molecule has 1 atom stereocenters. The standard InChI is InChI=1S/C11H22O2/c1-8(2)5-6-10(11(12)13)7-9(3)4/h8-10H,5-7H2,1-4H3,(H,12,13). The first-order valence-corrected chi connectivity index (χ1v) is 5.16. The van der Waals surface area contributed by atoms with Crippen LogP contribution >= 0.6 is 0 Å². The minimum Gasteiger partial charge on any atom is -0.481 e. The first-order valence-electron chi connectivity index (χ1n) is 5.16. The Morgan fingerprint density at radius 2 is 1.62 bits per heavy atom. The van der Waals surface area contributed by atoms with Gasteiger partial charge in [0.1, 0.15) is 0 Å². The molecule has 2 nitrogen and oxygen atoms in total. The van der Waals surface area contributed by atoms with Crippen LogP contribution in [-0.2, 0) is 4.79 Å². The highest BCUT2D eigenvalue weighted by molar-refractivity contribution is 5.69. The molecular weight excluding hydrogens is 164 g/mol. The number of hydrogen-bond donors (Lipinski definition) is 1. The molecule has 0 fully saturated rings. The first kappa shape index (κ1) is 12.5. The molecule has 78 valence electrons. The van der Waals surface area contributed by atoms with Crippen molar-refractivity contribution in [2.75, 3.05) is 0 Å². The predicted octanol–water partition coefficient (Wildman–Crippen LogP) is 3.17. The summed E-state index contributed by atoms with van der Waals surface area (Å²) in [5.41, 5.74) is 0. The van der Waals surface area contributed by atoms with E-state index in [9.17, 15) is 4.79 Å². The molecule has 0 rings (SSSR count). The summed E-state index contributed by atoms with van der Waals surface area (Å²) in [7, 11) is 0. The van der Waals surface area contributed by atoms with Crippen molar-refractivity contribution in [3.63, 3.8) is 0 Å². The van der Waals surface area contributed by atoms with Crippen molar-refractivity contribution in [1.29, 1.82) is 0 Å². The van der Waals surface area contributed by atoms with E-state index >= 15 is 0 Å². The molecule has 0 amide bonds. The van der Waals surface area contributed by atoms with Crippen molar-refractivity contribution in [2.24, 2.45) is 17.8 Å². The zero-order chi connectivity index (χ0) is 10.4. The summed E-state index contributed by atoms with van der Waals surface area (Å²) in [6.07, 6.45) is 2.65. The molecule has 0 aromatic heterocycles. The van der Waals surface area contributed by atoms with Crippen LogP contribution in [0.3, 0.4) is 0 Å². The lowest BCUT2D eigenvalue weighted by atomic mass is 9.90. The van der Waals surface area contributed by atoms with Crippen LogP contribution in [0.1, 0.15) is 47.0 Å². The summed E-state index contributed by atoms with van der Waals surface area (Å²) in [6.45, 7) is 8.42. The number of carboxylic acids is 1. The summed E-state index contributed by atoms with van der Waals surface area (Å²) in [5.74, 6) is 0.319. The third-order valence-corrected chi connectivity index (χ3v) is 2.20. The average molecular weight is 186 g/mol. The third-order valence-electron chi connectivity index (χ3n) is 2.20. The summed E-state index contributed by atoms with van der Waals surface area (Å²) >= 11 is 0. The molecular formula is C11H22O2. The lowest BCUT2D eigenvalue weighted by Gasteiger charge is -2.15. The van der Waals surface area contributed by atoms with Crippen molar-refractivity contribution < 1.29 is 9.90 Å². The topological polar surface area (TPSA) is 37.3 Å². The highest BCUT2D eigenvalue weighted by atomic mass is 16.4. The Kier molecular flexibility index (Phi) is 5.76. The van der Waals surface area contributed by atoms with Gasteiger partial charge in [0.25, 0.3) is 0 Å². The van der Waals surface area contributed by atoms with Gasteiger partial charge in [-0.05, 0) is 24.7 Å². The van der Waals surface area contributed by atoms with Gasteiger partial charge in [-0.2, -0.15) is 0 Å². The summed E-state index contributed by atoms with van der Waals surface area (Å²) in [6, 6.07) is 0. The second-order valence-corrected chi connectivity index (χ2v) is 4.64. The molecule has 0 saturated carbocycles. The lowest BCUT2D eigenvalue weighted by Crippen LogP contribution is -2.16. The van der Waals surface area contributed by atoms with Crippen LogP contribution in [0.15, 0.2) is 0 Å². The highest BCUT2D eigenvalue weighted by Crippen LogP contribution is 2.19. The van der Waals surface area contributed by atoms with Crippen LogP contribution in [-0.4, -0.2) is 11.1 Å². The van der Waals surface area contributed by atoms with Gasteiger partial charge in [-0.25, -0.2) is 0 Å². The number of carboxylic acid groups (broad SMARTS) is 1. The minimum atomic E-state index is -0.630. The van der Waals surface area contributed by atoms with Gasteiger partial charge in [-0.1, -0.05) is 34.1 Å². The molecule has 0 heterocycles. The van der Waals surface area contributed by atoms with Gasteiger partial charge in [-0.15, -0.1) is 0 Å². The Balaban J connectivity index is 3.88. The van der Waals surface area contributed by atoms with Crippen LogP contribution in [0.2, 0.25) is 0 Å². The van der Waals surface area contributed by atoms with E-state index in [1.54, 1.807) is 0 Å². The highest BCUT2D eigenvalue weighted by Gasteiger charge is 2.18. The molecule has 0 spiro atoms. The molecule has 0 aromatic rings. The van der Waals surface area contributed by atoms with Gasteiger partial charge in [0, 0.05) is 0 Å². The second kappa shape index (κ2) is 6.01. The molecule has 0 radical (unpaired) electrons. The Labute approximate surface area is 81.3 Å². The fourth-order valence-corrected chi connectivity index (χ4v) is 1.45. The summed E-state index contributed by atoms with van der Waals surface area (Å²) in [4.78, 5) is 10.8. The maximum Gasteiger partial charge on any atom is 0.306 e. The fraction of sp³-hybridized carbons (Fsp3) is 0.909. The molecule has 0 aliphatic heterocycles. The van der Waals surface area contributed by atoms with E-state index in [-0.39, 0.29) is 5.92 Å². The monoisotopic (exact) mass is 186 g/mol. The van der Waals surface area contributed by atoms with Crippen molar-refractivity contribution in [1.82, 2.24) is 0 Å². The van der Waals surface area contributed by atoms with E-state index in [2.05, 4.69) is 27.7 Å². The molecule has 0 bridgehead atoms. The third kappa shape index (κ3) is 6.62. The van der Waals surface area contributed by atoms with Crippen LogP contribution in [0, 0.1) is 17.8 Å². The average Bonchev–Trinajstić information content (AvgIpc) is 1.96. The van der Waals surface area contributed by atoms with E-state index < -0.39 is 5.97 Å². The first-order chi connectivity index (χ1) is 5.93. The Morgan fingerprint density at radius 3 is 1.92 bits per heavy atom. The molecule has 1 unspecified atom stereocenters. The number of carbonyl (C=O) groups is 1. The van der Waals surface area contributed by atoms with Crippen molar-refractivity contribution in [3.8, 4) is 0 Å². The van der Waals surface area contributed by atoms with Gasteiger partial charge in [0.2, 0.25) is 0 Å². The normalized spacial score (nSPS) is 13.7. The summed E-state index contributed by atoms with van der Waals surface area (Å²) < 4.78 is 0. The second-order valence-electron chi connectivity index (χ2n) is 4.64. The summed E-state index contributed by atoms with van der Waals surface area (Å²) in [5, 5.41) is 8.94. The predicted molar refractivity (Wildman–Crippen MR) is 54.7 cm³/mol. The molecule has 0 aliphatic carbocycles. The van der Waals surface area contributed by atoms with Crippen LogP contribution in [0.25, 0.3) is 0 Å². The van der Waals surface area contributed by atoms with E-state index in [1.807, 2.05) is 0 Å². The molecule has 2 heteroatoms. The zero-order valence-electron chi connectivity index (χ0n) is 9.21. The van der Waals surface area contributed by atoms with Crippen molar-refractivity contribution in [3.05, 3.63) is 0 Å². The van der Waals surface area contributed by atoms with Crippen LogP contribution in [0.4, 0.5) is 0 Å². The van der Waals surface area contributed by atoms with Gasteiger partial charge in [0.15, 0.2) is 0 Å². The minimum absolute atomic E-state index is 0.137. The largest absolute Gasteiger partial charge is 0.481 e. The van der Waals surface area contributed by atoms with E-state index in [1.165, 1.54) is 0 Å². The smallest absolute Gasteiger partial charge is 0.306 e. The van der Waals surface area contributed by atoms with Gasteiger partial charge >= 0.3 is 5.97 Å². The lowest BCUT2D eigenvalue weighted by molar-refractivity contribution is -0.142. The van der Waals surface area contributed by atoms with Gasteiger partial charge in [0.05, 0.1) is 5.92 Å². The van der Waals surface area contributed by atoms with Crippen LogP contribution in [0.5, 0.6) is 0 Å².